The first-order chi connectivity index (χ1) is 24.4. The number of hydrazine groups is 1. The molecule has 0 spiro atoms. The highest BCUT2D eigenvalue weighted by Crippen LogP contribution is 2.64. The summed E-state index contributed by atoms with van der Waals surface area (Å²) in [5, 5.41) is 20.4. The number of nitrogens with one attached hydrogen (secondary N) is 1. The number of carbonyl (C=O) groups is 5. The number of carboxylic acids is 1. The molecule has 2 saturated heterocycles. The van der Waals surface area contributed by atoms with Crippen LogP contribution >= 0.6 is 11.6 Å². The number of fused-ring (bicyclic) bond motifs is 4. The van der Waals surface area contributed by atoms with Crippen LogP contribution in [0.15, 0.2) is 78.4 Å². The van der Waals surface area contributed by atoms with E-state index in [0.29, 0.717) is 35.4 Å². The summed E-state index contributed by atoms with van der Waals surface area (Å²) in [5.74, 6) is -9.32. The number of carboxylic acid groups (broad SMARTS) is 1. The number of hydrogen-bond acceptors (Lipinski definition) is 7. The lowest BCUT2D eigenvalue weighted by Crippen LogP contribution is -2.53. The minimum Gasteiger partial charge on any atom is -0.505 e. The molecule has 3 fully saturated rings. The number of aliphatic carboxylic acids is 1. The molecule has 0 unspecified atom stereocenters. The Hall–Kier alpha value is -5.10. The highest BCUT2D eigenvalue weighted by molar-refractivity contribution is 6.30. The number of allylic oxidation sites excluding steroid dienone is 2. The molecule has 7 rings (SSSR count). The number of hydrogen-bond donors (Lipinski definition) is 3. The van der Waals surface area contributed by atoms with Gasteiger partial charge in [-0.1, -0.05) is 47.9 Å². The maximum Gasteiger partial charge on any atom is 0.303 e. The van der Waals surface area contributed by atoms with Gasteiger partial charge in [-0.05, 0) is 91.3 Å². The molecule has 10 nitrogen and oxygen atoms in total. The molecular formula is C38H34ClF2N3O7. The molecule has 51 heavy (non-hydrogen) atoms. The number of benzene rings is 3. The average molecular weight is 718 g/mol. The van der Waals surface area contributed by atoms with E-state index >= 15 is 9.18 Å². The lowest BCUT2D eigenvalue weighted by molar-refractivity contribution is -0.141. The minimum atomic E-state index is -1.68. The van der Waals surface area contributed by atoms with Gasteiger partial charge in [0.25, 0.3) is 11.8 Å². The number of rotatable bonds is 10. The summed E-state index contributed by atoms with van der Waals surface area (Å²) in [5.41, 5.74) is 2.77. The molecular weight excluding hydrogens is 684 g/mol. The van der Waals surface area contributed by atoms with Gasteiger partial charge in [0, 0.05) is 23.9 Å². The molecule has 0 aromatic heterocycles. The van der Waals surface area contributed by atoms with Gasteiger partial charge in [0.15, 0.2) is 11.6 Å². The molecule has 3 N–H and O–H groups in total. The summed E-state index contributed by atoms with van der Waals surface area (Å²) in [6.07, 6.45) is 3.37. The number of halogens is 3. The SMILES string of the molecule is O=C(O)CCCCCN1C(=O)[C@H]2[C@H](CC=C3[C@H]2C[C@H]2C(=O)N(Nc4ccc(F)cc4)C(=O)[C@@]2(c2ccc(Cl)cc2)[C@H]3c2ccc(O)c(F)c2)C1=O. The number of likely N-dealkylation sites (tertiary alicyclic amines) is 1. The van der Waals surface area contributed by atoms with Gasteiger partial charge < -0.3 is 10.2 Å². The van der Waals surface area contributed by atoms with Gasteiger partial charge >= 0.3 is 5.97 Å². The molecule has 4 amide bonds. The van der Waals surface area contributed by atoms with E-state index in [1.54, 1.807) is 24.3 Å². The van der Waals surface area contributed by atoms with E-state index in [2.05, 4.69) is 5.43 Å². The fourth-order valence-corrected chi connectivity index (χ4v) is 8.87. The van der Waals surface area contributed by atoms with Crippen molar-refractivity contribution >= 4 is 46.9 Å². The maximum atomic E-state index is 15.2. The van der Waals surface area contributed by atoms with Crippen molar-refractivity contribution in [1.82, 2.24) is 9.91 Å². The third kappa shape index (κ3) is 5.65. The second-order valence-electron chi connectivity index (χ2n) is 13.6. The van der Waals surface area contributed by atoms with Crippen LogP contribution in [0.25, 0.3) is 0 Å². The summed E-state index contributed by atoms with van der Waals surface area (Å²) in [4.78, 5) is 69.7. The van der Waals surface area contributed by atoms with Gasteiger partial charge in [-0.3, -0.25) is 34.3 Å². The zero-order valence-electron chi connectivity index (χ0n) is 27.2. The standard InChI is InChI=1S/C38H34ClF2N3O7/c39-22-8-6-21(7-9-22)38-28(35(49)44(37(38)51)42-24-12-10-23(40)11-13-24)19-27-25(33(38)20-5-16-30(45)29(41)18-20)14-15-26-32(27)36(50)43(34(26)48)17-3-1-2-4-31(46)47/h5-14,16,18,26-28,32-33,42,45H,1-4,15,17,19H2,(H,46,47)/t26-,27+,28-,32-,33-,38+/m0/s1. The number of aromatic hydroxyl groups is 1. The number of nitrogens with zero attached hydrogens (tertiary/aromatic N) is 2. The van der Waals surface area contributed by atoms with Crippen LogP contribution in [0.1, 0.15) is 55.6 Å². The second-order valence-corrected chi connectivity index (χ2v) is 14.1. The molecule has 3 aromatic rings. The van der Waals surface area contributed by atoms with E-state index in [-0.39, 0.29) is 43.0 Å². The Morgan fingerprint density at radius 1 is 0.902 bits per heavy atom. The van der Waals surface area contributed by atoms with Crippen LogP contribution in [0.5, 0.6) is 5.75 Å². The van der Waals surface area contributed by atoms with Crippen molar-refractivity contribution in [2.75, 3.05) is 12.0 Å². The molecule has 4 aliphatic rings. The predicted molar refractivity (Wildman–Crippen MR) is 180 cm³/mol. The van der Waals surface area contributed by atoms with E-state index < -0.39 is 76.1 Å². The Bertz CT molecular complexity index is 1970. The number of amides is 4. The summed E-state index contributed by atoms with van der Waals surface area (Å²) in [6, 6.07) is 15.4. The molecule has 1 saturated carbocycles. The first-order valence-electron chi connectivity index (χ1n) is 16.9. The molecule has 2 aliphatic carbocycles. The molecule has 264 valence electrons. The monoisotopic (exact) mass is 717 g/mol. The van der Waals surface area contributed by atoms with E-state index in [0.717, 1.165) is 11.1 Å². The molecule has 2 aliphatic heterocycles. The fraction of sp³-hybridized carbons (Fsp3) is 0.342. The van der Waals surface area contributed by atoms with Crippen molar-refractivity contribution in [3.05, 3.63) is 106 Å². The lowest BCUT2D eigenvalue weighted by Gasteiger charge is -2.50. The number of unbranched alkanes of at least 4 members (excludes halogenated alkanes) is 2. The molecule has 3 aromatic carbocycles. The number of phenols is 1. The van der Waals surface area contributed by atoms with Gasteiger partial charge in [-0.2, -0.15) is 5.01 Å². The van der Waals surface area contributed by atoms with Crippen LogP contribution < -0.4 is 5.43 Å². The Morgan fingerprint density at radius 2 is 1.63 bits per heavy atom. The summed E-state index contributed by atoms with van der Waals surface area (Å²) in [6.45, 7) is 0.129. The first-order valence-corrected chi connectivity index (χ1v) is 17.2. The van der Waals surface area contributed by atoms with E-state index in [1.807, 2.05) is 6.08 Å². The third-order valence-corrected chi connectivity index (χ3v) is 11.2. The van der Waals surface area contributed by atoms with Crippen LogP contribution in [-0.4, -0.2) is 56.3 Å². The number of imide groups is 2. The Balaban J connectivity index is 1.35. The minimum absolute atomic E-state index is 0.0156. The predicted octanol–water partition coefficient (Wildman–Crippen LogP) is 5.95. The van der Waals surface area contributed by atoms with Crippen LogP contribution in [-0.2, 0) is 29.4 Å². The zero-order chi connectivity index (χ0) is 36.2. The Kier molecular flexibility index (Phi) is 8.91. The van der Waals surface area contributed by atoms with E-state index in [1.165, 1.54) is 41.3 Å². The van der Waals surface area contributed by atoms with Crippen molar-refractivity contribution in [3.63, 3.8) is 0 Å². The van der Waals surface area contributed by atoms with Gasteiger partial charge in [0.05, 0.1) is 28.9 Å². The normalized spacial score (nSPS) is 26.9. The van der Waals surface area contributed by atoms with Gasteiger partial charge in [-0.15, -0.1) is 0 Å². The molecule has 2 heterocycles. The fourth-order valence-electron chi connectivity index (χ4n) is 8.74. The summed E-state index contributed by atoms with van der Waals surface area (Å²) >= 11 is 6.28. The quantitative estimate of drug-likeness (QED) is 0.133. The third-order valence-electron chi connectivity index (χ3n) is 10.9. The largest absolute Gasteiger partial charge is 0.505 e. The van der Waals surface area contributed by atoms with Crippen LogP contribution in [0.2, 0.25) is 5.02 Å². The zero-order valence-corrected chi connectivity index (χ0v) is 28.0. The van der Waals surface area contributed by atoms with Crippen molar-refractivity contribution in [2.45, 2.75) is 49.9 Å². The lowest BCUT2D eigenvalue weighted by atomic mass is 9.49. The second kappa shape index (κ2) is 13.2. The number of anilines is 1. The molecule has 0 radical (unpaired) electrons. The molecule has 6 atom stereocenters. The highest BCUT2D eigenvalue weighted by atomic mass is 35.5. The highest BCUT2D eigenvalue weighted by Gasteiger charge is 2.70. The Labute approximate surface area is 296 Å². The summed E-state index contributed by atoms with van der Waals surface area (Å²) in [7, 11) is 0. The van der Waals surface area contributed by atoms with Crippen molar-refractivity contribution in [1.29, 1.82) is 0 Å². The molecule has 0 bridgehead atoms. The van der Waals surface area contributed by atoms with Gasteiger partial charge in [-0.25, -0.2) is 8.78 Å². The van der Waals surface area contributed by atoms with Crippen molar-refractivity contribution < 1.29 is 43.0 Å². The van der Waals surface area contributed by atoms with Crippen molar-refractivity contribution in [3.8, 4) is 5.75 Å². The van der Waals surface area contributed by atoms with Gasteiger partial charge in [0.2, 0.25) is 11.8 Å². The van der Waals surface area contributed by atoms with Crippen LogP contribution in [0.4, 0.5) is 14.5 Å². The van der Waals surface area contributed by atoms with E-state index in [9.17, 15) is 28.7 Å². The average Bonchev–Trinajstić information content (AvgIpc) is 3.47. The molecule has 13 heteroatoms. The van der Waals surface area contributed by atoms with Crippen LogP contribution in [0, 0.1) is 35.3 Å². The van der Waals surface area contributed by atoms with Crippen molar-refractivity contribution in [2.24, 2.45) is 23.7 Å². The smallest absolute Gasteiger partial charge is 0.303 e. The van der Waals surface area contributed by atoms with Gasteiger partial charge in [0.1, 0.15) is 5.82 Å². The van der Waals surface area contributed by atoms with Crippen LogP contribution in [0.3, 0.4) is 0 Å². The topological polar surface area (TPSA) is 144 Å². The summed E-state index contributed by atoms with van der Waals surface area (Å²) < 4.78 is 29.0. The first kappa shape index (κ1) is 34.4. The number of carbonyl (C=O) groups excluding carboxylic acids is 4. The van der Waals surface area contributed by atoms with E-state index in [4.69, 9.17) is 16.7 Å². The Morgan fingerprint density at radius 3 is 2.31 bits per heavy atom. The maximum absolute atomic E-state index is 15.2. The number of phenolic OH excluding ortho intramolecular Hbond substituents is 1.